The van der Waals surface area contributed by atoms with E-state index in [0.717, 1.165) is 18.7 Å². The van der Waals surface area contributed by atoms with E-state index >= 15 is 0 Å². The molecule has 1 aromatic heterocycles. The van der Waals surface area contributed by atoms with Gasteiger partial charge in [0.2, 0.25) is 0 Å². The van der Waals surface area contributed by atoms with Gasteiger partial charge in [0, 0.05) is 24.0 Å². The van der Waals surface area contributed by atoms with Crippen LogP contribution in [0.1, 0.15) is 10.6 Å². The number of hydrogen-bond acceptors (Lipinski definition) is 5. The van der Waals surface area contributed by atoms with Gasteiger partial charge in [-0.05, 0) is 26.2 Å². The average Bonchev–Trinajstić information content (AvgIpc) is 3.17. The summed E-state index contributed by atoms with van der Waals surface area (Å²) >= 11 is 1.26. The lowest BCUT2D eigenvalue weighted by Gasteiger charge is -2.20. The van der Waals surface area contributed by atoms with Crippen LogP contribution >= 0.6 is 11.3 Å². The van der Waals surface area contributed by atoms with Crippen molar-refractivity contribution in [1.29, 1.82) is 5.41 Å². The van der Waals surface area contributed by atoms with Gasteiger partial charge in [-0.3, -0.25) is 5.41 Å². The molecular formula is C18H19F3N4OS. The molecule has 144 valence electrons. The molecule has 5 nitrogen and oxygen atoms in total. The minimum atomic E-state index is -4.38. The van der Waals surface area contributed by atoms with Crippen LogP contribution in [0.4, 0.5) is 13.2 Å². The zero-order valence-corrected chi connectivity index (χ0v) is 15.7. The number of aliphatic hydroxyl groups is 1. The van der Waals surface area contributed by atoms with Gasteiger partial charge in [-0.15, -0.1) is 11.3 Å². The third-order valence-corrected chi connectivity index (χ3v) is 5.09. The van der Waals surface area contributed by atoms with E-state index in [9.17, 15) is 18.3 Å². The number of hydrogen-bond donors (Lipinski definition) is 2. The van der Waals surface area contributed by atoms with Crippen LogP contribution in [0, 0.1) is 5.41 Å². The molecule has 0 bridgehead atoms. The first kappa shape index (κ1) is 19.4. The summed E-state index contributed by atoms with van der Waals surface area (Å²) in [7, 11) is 3.87. The largest absolute Gasteiger partial charge is 0.510 e. The van der Waals surface area contributed by atoms with Gasteiger partial charge < -0.3 is 14.9 Å². The molecule has 3 rings (SSSR count). The maximum Gasteiger partial charge on any atom is 0.416 e. The number of amidine groups is 1. The monoisotopic (exact) mass is 396 g/mol. The number of benzene rings is 1. The van der Waals surface area contributed by atoms with Gasteiger partial charge in [0.15, 0.2) is 0 Å². The summed E-state index contributed by atoms with van der Waals surface area (Å²) in [5.74, 6) is 0.301. The van der Waals surface area contributed by atoms with Gasteiger partial charge in [0.25, 0.3) is 0 Å². The number of aliphatic hydroxyl groups excluding tert-OH is 1. The second kappa shape index (κ2) is 7.32. The summed E-state index contributed by atoms with van der Waals surface area (Å²) in [5.41, 5.74) is 0.747. The molecule has 0 radical (unpaired) electrons. The molecule has 2 aromatic rings. The molecule has 0 unspecified atom stereocenters. The molecule has 0 atom stereocenters. The van der Waals surface area contributed by atoms with Crippen molar-refractivity contribution in [1.82, 2.24) is 14.8 Å². The Balaban J connectivity index is 1.79. The fourth-order valence-electron chi connectivity index (χ4n) is 2.72. The highest BCUT2D eigenvalue weighted by Gasteiger charge is 2.31. The fourth-order valence-corrected chi connectivity index (χ4v) is 3.62. The lowest BCUT2D eigenvalue weighted by molar-refractivity contribution is -0.137. The standard InChI is InChI=1S/C18H19F3N4OS/c1-24(2)7-8-25-9-14(26)15(16(25)22)17-23-13(10-27-17)11-3-5-12(6-4-11)18(19,20)21/h3-6,10,22,26H,7-9H2,1-2H3. The van der Waals surface area contributed by atoms with Crippen molar-refractivity contribution in [2.24, 2.45) is 0 Å². The Bertz CT molecular complexity index is 871. The lowest BCUT2D eigenvalue weighted by Crippen LogP contribution is -2.33. The number of thiazole rings is 1. The molecule has 0 aliphatic carbocycles. The smallest absolute Gasteiger partial charge is 0.416 e. The molecule has 1 aromatic carbocycles. The Kier molecular flexibility index (Phi) is 5.25. The average molecular weight is 396 g/mol. The van der Waals surface area contributed by atoms with Crippen LogP contribution in [0.25, 0.3) is 16.8 Å². The molecule has 2 heterocycles. The highest BCUT2D eigenvalue weighted by molar-refractivity contribution is 7.11. The molecule has 0 saturated heterocycles. The number of alkyl halides is 3. The second-order valence-corrected chi connectivity index (χ2v) is 7.37. The van der Waals surface area contributed by atoms with E-state index in [2.05, 4.69) is 4.98 Å². The Morgan fingerprint density at radius 3 is 2.52 bits per heavy atom. The number of rotatable bonds is 5. The summed E-state index contributed by atoms with van der Waals surface area (Å²) in [6.45, 7) is 1.62. The van der Waals surface area contributed by atoms with Crippen LogP contribution in [0.2, 0.25) is 0 Å². The molecule has 0 spiro atoms. The molecule has 2 N–H and O–H groups in total. The maximum absolute atomic E-state index is 12.7. The fraction of sp³-hybridized carbons (Fsp3) is 0.333. The Labute approximate surface area is 158 Å². The molecule has 1 aliphatic heterocycles. The Hall–Kier alpha value is -2.39. The topological polar surface area (TPSA) is 63.5 Å². The molecule has 0 amide bonds. The highest BCUT2D eigenvalue weighted by Crippen LogP contribution is 2.34. The highest BCUT2D eigenvalue weighted by atomic mass is 32.1. The Morgan fingerprint density at radius 2 is 1.93 bits per heavy atom. The van der Waals surface area contributed by atoms with Crippen molar-refractivity contribution >= 4 is 22.7 Å². The van der Waals surface area contributed by atoms with Crippen molar-refractivity contribution in [3.05, 3.63) is 46.0 Å². The number of nitrogens with zero attached hydrogens (tertiary/aromatic N) is 3. The normalized spacial score (nSPS) is 15.3. The van der Waals surface area contributed by atoms with E-state index in [-0.39, 0.29) is 18.1 Å². The third kappa shape index (κ3) is 4.14. The second-order valence-electron chi connectivity index (χ2n) is 6.51. The summed E-state index contributed by atoms with van der Waals surface area (Å²) in [5, 5.41) is 20.8. The van der Waals surface area contributed by atoms with Crippen LogP contribution in [0.3, 0.4) is 0 Å². The summed E-state index contributed by atoms with van der Waals surface area (Å²) in [6.07, 6.45) is -4.38. The van der Waals surface area contributed by atoms with Crippen molar-refractivity contribution in [3.63, 3.8) is 0 Å². The van der Waals surface area contributed by atoms with E-state index in [4.69, 9.17) is 5.41 Å². The number of aromatic nitrogens is 1. The zero-order valence-electron chi connectivity index (χ0n) is 14.8. The molecular weight excluding hydrogens is 377 g/mol. The van der Waals surface area contributed by atoms with Gasteiger partial charge in [0.05, 0.1) is 23.4 Å². The van der Waals surface area contributed by atoms with E-state index in [1.807, 2.05) is 19.0 Å². The number of halogens is 3. The Morgan fingerprint density at radius 1 is 1.26 bits per heavy atom. The molecule has 0 fully saturated rings. The van der Waals surface area contributed by atoms with Crippen LogP contribution < -0.4 is 0 Å². The number of likely N-dealkylation sites (N-methyl/N-ethyl adjacent to an activating group) is 1. The lowest BCUT2D eigenvalue weighted by atomic mass is 10.1. The maximum atomic E-state index is 12.7. The molecule has 0 saturated carbocycles. The van der Waals surface area contributed by atoms with Gasteiger partial charge in [-0.25, -0.2) is 4.98 Å². The minimum absolute atomic E-state index is 0.0899. The third-order valence-electron chi connectivity index (χ3n) is 4.23. The first-order valence-corrected chi connectivity index (χ1v) is 9.09. The van der Waals surface area contributed by atoms with Crippen LogP contribution in [-0.4, -0.2) is 59.5 Å². The van der Waals surface area contributed by atoms with Crippen LogP contribution in [-0.2, 0) is 6.18 Å². The predicted molar refractivity (Wildman–Crippen MR) is 100.0 cm³/mol. The first-order valence-electron chi connectivity index (χ1n) is 8.21. The molecule has 27 heavy (non-hydrogen) atoms. The number of nitrogens with one attached hydrogen (secondary N) is 1. The van der Waals surface area contributed by atoms with Crippen LogP contribution in [0.15, 0.2) is 35.4 Å². The van der Waals surface area contributed by atoms with Crippen molar-refractivity contribution in [3.8, 4) is 11.3 Å². The predicted octanol–water partition coefficient (Wildman–Crippen LogP) is 3.95. The molecule has 1 aliphatic rings. The van der Waals surface area contributed by atoms with Crippen molar-refractivity contribution < 1.29 is 18.3 Å². The van der Waals surface area contributed by atoms with Gasteiger partial charge in [0.1, 0.15) is 16.6 Å². The van der Waals surface area contributed by atoms with Gasteiger partial charge in [-0.2, -0.15) is 13.2 Å². The van der Waals surface area contributed by atoms with Crippen molar-refractivity contribution in [2.75, 3.05) is 33.7 Å². The SMILES string of the molecule is CN(C)CCN1CC(O)=C(c2nc(-c3ccc(C(F)(F)F)cc3)cs2)C1=N. The van der Waals surface area contributed by atoms with Crippen LogP contribution in [0.5, 0.6) is 0 Å². The quantitative estimate of drug-likeness (QED) is 0.803. The van der Waals surface area contributed by atoms with E-state index in [0.29, 0.717) is 28.4 Å². The van der Waals surface area contributed by atoms with Crippen molar-refractivity contribution in [2.45, 2.75) is 6.18 Å². The summed E-state index contributed by atoms with van der Waals surface area (Å²) in [4.78, 5) is 8.19. The minimum Gasteiger partial charge on any atom is -0.510 e. The van der Waals surface area contributed by atoms with E-state index in [1.165, 1.54) is 23.5 Å². The van der Waals surface area contributed by atoms with Gasteiger partial charge >= 0.3 is 6.18 Å². The summed E-state index contributed by atoms with van der Waals surface area (Å²) in [6, 6.07) is 4.79. The first-order chi connectivity index (χ1) is 12.7. The summed E-state index contributed by atoms with van der Waals surface area (Å²) < 4.78 is 38.1. The zero-order chi connectivity index (χ0) is 19.8. The van der Waals surface area contributed by atoms with E-state index in [1.54, 1.807) is 10.3 Å². The van der Waals surface area contributed by atoms with E-state index < -0.39 is 11.7 Å². The molecule has 9 heteroatoms. The van der Waals surface area contributed by atoms with Gasteiger partial charge in [-0.1, -0.05) is 12.1 Å².